The fourth-order valence-electron chi connectivity index (χ4n) is 3.12. The molecule has 0 radical (unpaired) electrons. The summed E-state index contributed by atoms with van der Waals surface area (Å²) >= 11 is 3.46. The minimum Gasteiger partial charge on any atom is -0.492 e. The number of hydrogen-bond acceptors (Lipinski definition) is 3. The summed E-state index contributed by atoms with van der Waals surface area (Å²) in [5.74, 6) is 0.925. The number of halogens is 1. The van der Waals surface area contributed by atoms with E-state index in [9.17, 15) is 9.59 Å². The van der Waals surface area contributed by atoms with E-state index < -0.39 is 0 Å². The van der Waals surface area contributed by atoms with E-state index in [4.69, 9.17) is 4.74 Å². The van der Waals surface area contributed by atoms with E-state index in [1.807, 2.05) is 20.8 Å². The van der Waals surface area contributed by atoms with Crippen LogP contribution in [0.15, 0.2) is 18.2 Å². The monoisotopic (exact) mass is 409 g/mol. The van der Waals surface area contributed by atoms with Crippen molar-refractivity contribution in [1.29, 1.82) is 0 Å². The number of amides is 1. The van der Waals surface area contributed by atoms with Crippen LogP contribution in [0.2, 0.25) is 0 Å². The number of hydrogen-bond donors (Lipinski definition) is 1. The average molecular weight is 410 g/mol. The number of rotatable bonds is 7. The number of carbonyl (C=O) groups excluding carboxylic acids is 2. The molecule has 25 heavy (non-hydrogen) atoms. The summed E-state index contributed by atoms with van der Waals surface area (Å²) in [4.78, 5) is 24.8. The molecule has 1 aromatic carbocycles. The highest BCUT2D eigenvalue weighted by atomic mass is 79.9. The second kappa shape index (κ2) is 9.37. The molecule has 0 saturated heterocycles. The maximum atomic E-state index is 12.5. The second-order valence-electron chi connectivity index (χ2n) is 6.98. The van der Waals surface area contributed by atoms with Crippen molar-refractivity contribution in [2.45, 2.75) is 57.7 Å². The van der Waals surface area contributed by atoms with Crippen LogP contribution in [0.3, 0.4) is 0 Å². The molecule has 1 aliphatic carbocycles. The van der Waals surface area contributed by atoms with E-state index in [-0.39, 0.29) is 28.4 Å². The maximum absolute atomic E-state index is 12.5. The van der Waals surface area contributed by atoms with E-state index in [0.717, 1.165) is 25.7 Å². The van der Waals surface area contributed by atoms with E-state index in [1.54, 1.807) is 18.2 Å². The zero-order valence-electron chi connectivity index (χ0n) is 15.3. The van der Waals surface area contributed by atoms with Gasteiger partial charge in [0.2, 0.25) is 5.91 Å². The summed E-state index contributed by atoms with van der Waals surface area (Å²) in [5.41, 5.74) is 1.24. The van der Waals surface area contributed by atoms with Crippen LogP contribution >= 0.6 is 15.9 Å². The molecule has 1 aromatic rings. The quantitative estimate of drug-likeness (QED) is 0.496. The van der Waals surface area contributed by atoms with Gasteiger partial charge in [0.05, 0.1) is 17.1 Å². The van der Waals surface area contributed by atoms with Gasteiger partial charge in [0.15, 0.2) is 5.78 Å². The summed E-state index contributed by atoms with van der Waals surface area (Å²) in [6.07, 6.45) is 5.35. The van der Waals surface area contributed by atoms with Gasteiger partial charge in [-0.2, -0.15) is 0 Å². The Hall–Kier alpha value is -1.36. The van der Waals surface area contributed by atoms with Crippen molar-refractivity contribution in [2.24, 2.45) is 11.8 Å². The largest absolute Gasteiger partial charge is 0.492 e. The molecule has 138 valence electrons. The van der Waals surface area contributed by atoms with Crippen molar-refractivity contribution >= 4 is 33.3 Å². The summed E-state index contributed by atoms with van der Waals surface area (Å²) < 4.78 is 5.67. The van der Waals surface area contributed by atoms with Crippen molar-refractivity contribution in [2.75, 3.05) is 11.9 Å². The number of alkyl halides is 1. The number of carbonyl (C=O) groups is 2. The fraction of sp³-hybridized carbons (Fsp3) is 0.600. The first-order chi connectivity index (χ1) is 11.9. The van der Waals surface area contributed by atoms with Gasteiger partial charge in [-0.25, -0.2) is 0 Å². The highest BCUT2D eigenvalue weighted by Gasteiger charge is 2.24. The van der Waals surface area contributed by atoms with E-state index in [1.165, 1.54) is 6.42 Å². The molecule has 0 heterocycles. The Morgan fingerprint density at radius 1 is 1.24 bits per heavy atom. The van der Waals surface area contributed by atoms with Crippen molar-refractivity contribution in [3.05, 3.63) is 23.8 Å². The van der Waals surface area contributed by atoms with Crippen molar-refractivity contribution < 1.29 is 14.3 Å². The second-order valence-corrected chi connectivity index (χ2v) is 7.96. The Morgan fingerprint density at radius 3 is 2.52 bits per heavy atom. The lowest BCUT2D eigenvalue weighted by molar-refractivity contribution is -0.120. The molecule has 4 nitrogen and oxygen atoms in total. The Kier molecular flexibility index (Phi) is 7.48. The number of anilines is 1. The third-order valence-electron chi connectivity index (χ3n) is 4.64. The first kappa shape index (κ1) is 20.0. The predicted molar refractivity (Wildman–Crippen MR) is 105 cm³/mol. The molecule has 0 spiro atoms. The van der Waals surface area contributed by atoms with Crippen LogP contribution in [0.1, 0.15) is 63.2 Å². The molecule has 0 aliphatic heterocycles. The van der Waals surface area contributed by atoms with Crippen LogP contribution in [0.25, 0.3) is 0 Å². The first-order valence-corrected chi connectivity index (χ1v) is 10.1. The molecular weight excluding hydrogens is 382 g/mol. The minimum absolute atomic E-state index is 0.0288. The summed E-state index contributed by atoms with van der Waals surface area (Å²) in [6, 6.07) is 5.27. The van der Waals surface area contributed by atoms with Gasteiger partial charge in [0, 0.05) is 11.5 Å². The molecule has 1 aliphatic rings. The molecule has 1 saturated carbocycles. The number of ether oxygens (including phenoxy) is 1. The van der Waals surface area contributed by atoms with Gasteiger partial charge in [-0.3, -0.25) is 9.59 Å². The summed E-state index contributed by atoms with van der Waals surface area (Å²) in [7, 11) is 0. The minimum atomic E-state index is -0.232. The lowest BCUT2D eigenvalue weighted by Crippen LogP contribution is -2.25. The van der Waals surface area contributed by atoms with Crippen LogP contribution in [-0.4, -0.2) is 23.1 Å². The van der Waals surface area contributed by atoms with Crippen LogP contribution in [0.4, 0.5) is 5.69 Å². The zero-order chi connectivity index (χ0) is 18.4. The highest BCUT2D eigenvalue weighted by molar-refractivity contribution is 9.10. The molecule has 1 unspecified atom stereocenters. The topological polar surface area (TPSA) is 55.4 Å². The van der Waals surface area contributed by atoms with Crippen LogP contribution < -0.4 is 10.1 Å². The third-order valence-corrected chi connectivity index (χ3v) is 6.11. The smallest absolute Gasteiger partial charge is 0.227 e. The normalized spacial score (nSPS) is 16.5. The maximum Gasteiger partial charge on any atom is 0.227 e. The number of benzene rings is 1. The molecule has 1 amide bonds. The Morgan fingerprint density at radius 2 is 1.92 bits per heavy atom. The summed E-state index contributed by atoms with van der Waals surface area (Å²) in [5, 5.41) is 3.00. The van der Waals surface area contributed by atoms with Gasteiger partial charge in [-0.1, -0.05) is 49.0 Å². The molecule has 1 fully saturated rings. The number of nitrogens with one attached hydrogen (secondary N) is 1. The van der Waals surface area contributed by atoms with Crippen LogP contribution in [0.5, 0.6) is 5.75 Å². The number of ketones is 1. The highest BCUT2D eigenvalue weighted by Crippen LogP contribution is 2.30. The van der Waals surface area contributed by atoms with Gasteiger partial charge in [0.25, 0.3) is 0 Å². The third kappa shape index (κ3) is 5.30. The zero-order valence-corrected chi connectivity index (χ0v) is 16.9. The first-order valence-electron chi connectivity index (χ1n) is 9.20. The molecule has 1 atom stereocenters. The Labute approximate surface area is 158 Å². The Balaban J connectivity index is 2.17. The van der Waals surface area contributed by atoms with Gasteiger partial charge < -0.3 is 10.1 Å². The SMILES string of the molecule is CCOc1cc(C(=O)C(Br)C(C)C)ccc1NC(=O)C1CCCCC1. The fourth-order valence-corrected chi connectivity index (χ4v) is 3.38. The van der Waals surface area contributed by atoms with Crippen LogP contribution in [0, 0.1) is 11.8 Å². The van der Waals surface area contributed by atoms with Crippen molar-refractivity contribution in [1.82, 2.24) is 0 Å². The number of Topliss-reactive ketones (excluding diaryl/α,β-unsaturated/α-hetero) is 1. The van der Waals surface area contributed by atoms with Gasteiger partial charge in [-0.05, 0) is 43.9 Å². The standard InChI is InChI=1S/C20H28BrNO3/c1-4-25-17-12-15(19(23)18(21)13(2)3)10-11-16(17)22-20(24)14-8-6-5-7-9-14/h10-14,18H,4-9H2,1-3H3,(H,22,24). The van der Waals surface area contributed by atoms with E-state index in [0.29, 0.717) is 23.6 Å². The van der Waals surface area contributed by atoms with Crippen molar-refractivity contribution in [3.8, 4) is 5.75 Å². The summed E-state index contributed by atoms with van der Waals surface area (Å²) in [6.45, 7) is 6.37. The molecule has 0 bridgehead atoms. The van der Waals surface area contributed by atoms with Crippen molar-refractivity contribution in [3.63, 3.8) is 0 Å². The lowest BCUT2D eigenvalue weighted by Gasteiger charge is -2.22. The van der Waals surface area contributed by atoms with E-state index in [2.05, 4.69) is 21.2 Å². The molecule has 5 heteroatoms. The van der Waals surface area contributed by atoms with Gasteiger partial charge in [0.1, 0.15) is 5.75 Å². The molecular formula is C20H28BrNO3. The van der Waals surface area contributed by atoms with Crippen LogP contribution in [-0.2, 0) is 4.79 Å². The molecule has 0 aromatic heterocycles. The average Bonchev–Trinajstić information content (AvgIpc) is 2.62. The van der Waals surface area contributed by atoms with E-state index >= 15 is 0 Å². The van der Waals surface area contributed by atoms with Gasteiger partial charge >= 0.3 is 0 Å². The predicted octanol–water partition coefficient (Wildman–Crippen LogP) is 5.21. The molecule has 2 rings (SSSR count). The molecule has 1 N–H and O–H groups in total. The van der Waals surface area contributed by atoms with Gasteiger partial charge in [-0.15, -0.1) is 0 Å². The lowest BCUT2D eigenvalue weighted by atomic mass is 9.88. The Bertz CT molecular complexity index is 609.